The number of urea groups is 1. The number of rotatable bonds is 5. The van der Waals surface area contributed by atoms with Crippen molar-refractivity contribution in [2.45, 2.75) is 26.3 Å². The highest BCUT2D eigenvalue weighted by atomic mass is 16.2. The summed E-state index contributed by atoms with van der Waals surface area (Å²) in [7, 11) is 0. The minimum absolute atomic E-state index is 0.439. The van der Waals surface area contributed by atoms with E-state index in [2.05, 4.69) is 24.5 Å². The molecule has 0 saturated carbocycles. The van der Waals surface area contributed by atoms with Crippen molar-refractivity contribution in [2.75, 3.05) is 5.32 Å². The number of anilines is 1. The van der Waals surface area contributed by atoms with Gasteiger partial charge in [0.05, 0.1) is 6.07 Å². The van der Waals surface area contributed by atoms with E-state index in [0.29, 0.717) is 11.6 Å². The van der Waals surface area contributed by atoms with Crippen molar-refractivity contribution in [3.8, 4) is 12.1 Å². The molecular formula is C15H17N5O. The molecule has 0 aromatic heterocycles. The van der Waals surface area contributed by atoms with Crippen LogP contribution in [-0.2, 0) is 6.42 Å². The Balaban J connectivity index is 2.78. The van der Waals surface area contributed by atoms with Crippen molar-refractivity contribution in [3.63, 3.8) is 0 Å². The fourth-order valence-electron chi connectivity index (χ4n) is 1.78. The molecule has 0 aliphatic carbocycles. The van der Waals surface area contributed by atoms with Crippen LogP contribution in [-0.4, -0.2) is 17.8 Å². The van der Waals surface area contributed by atoms with Crippen LogP contribution in [0.4, 0.5) is 10.5 Å². The fraction of sp³-hybridized carbons (Fsp3) is 0.333. The van der Waals surface area contributed by atoms with E-state index >= 15 is 0 Å². The normalized spacial score (nSPS) is 11.1. The van der Waals surface area contributed by atoms with Gasteiger partial charge in [-0.2, -0.15) is 10.5 Å². The quantitative estimate of drug-likeness (QED) is 0.721. The summed E-state index contributed by atoms with van der Waals surface area (Å²) in [5, 5.41) is 29.6. The first-order valence-electron chi connectivity index (χ1n) is 6.51. The maximum Gasteiger partial charge on any atom is 0.320 e. The Morgan fingerprint density at radius 2 is 2.00 bits per heavy atom. The molecule has 1 rings (SSSR count). The zero-order valence-electron chi connectivity index (χ0n) is 12.0. The van der Waals surface area contributed by atoms with Gasteiger partial charge >= 0.3 is 6.03 Å². The summed E-state index contributed by atoms with van der Waals surface area (Å²) >= 11 is 0. The lowest BCUT2D eigenvalue weighted by Crippen LogP contribution is -2.41. The topological polar surface area (TPSA) is 113 Å². The van der Waals surface area contributed by atoms with Gasteiger partial charge in [0.25, 0.3) is 0 Å². The van der Waals surface area contributed by atoms with Crippen molar-refractivity contribution in [3.05, 3.63) is 29.8 Å². The second-order valence-electron chi connectivity index (χ2n) is 4.94. The van der Waals surface area contributed by atoms with E-state index in [-0.39, 0.29) is 0 Å². The summed E-state index contributed by atoms with van der Waals surface area (Å²) in [6.45, 7) is 4.16. The molecule has 0 radical (unpaired) electrons. The van der Waals surface area contributed by atoms with Crippen LogP contribution >= 0.6 is 0 Å². The van der Waals surface area contributed by atoms with E-state index in [1.807, 2.05) is 12.1 Å². The smallest absolute Gasteiger partial charge is 0.316 e. The van der Waals surface area contributed by atoms with Crippen LogP contribution in [0.2, 0.25) is 0 Å². The number of nitrogens with zero attached hydrogens (tertiary/aromatic N) is 2. The molecule has 0 aliphatic rings. The van der Waals surface area contributed by atoms with Gasteiger partial charge in [0.15, 0.2) is 6.04 Å². The van der Waals surface area contributed by atoms with E-state index < -0.39 is 17.8 Å². The van der Waals surface area contributed by atoms with E-state index in [0.717, 1.165) is 12.0 Å². The van der Waals surface area contributed by atoms with Crippen LogP contribution in [0.25, 0.3) is 0 Å². The number of amides is 2. The molecule has 0 bridgehead atoms. The molecule has 21 heavy (non-hydrogen) atoms. The van der Waals surface area contributed by atoms with Crippen molar-refractivity contribution in [2.24, 2.45) is 5.92 Å². The first-order chi connectivity index (χ1) is 9.97. The predicted molar refractivity (Wildman–Crippen MR) is 79.9 cm³/mol. The van der Waals surface area contributed by atoms with Gasteiger partial charge in [-0.3, -0.25) is 5.41 Å². The third-order valence-electron chi connectivity index (χ3n) is 2.71. The van der Waals surface area contributed by atoms with Gasteiger partial charge < -0.3 is 10.6 Å². The average molecular weight is 283 g/mol. The Hall–Kier alpha value is -2.86. The molecule has 1 aromatic carbocycles. The van der Waals surface area contributed by atoms with Crippen LogP contribution in [0.15, 0.2) is 24.3 Å². The van der Waals surface area contributed by atoms with Crippen molar-refractivity contribution in [1.29, 1.82) is 15.9 Å². The molecule has 0 spiro atoms. The Morgan fingerprint density at radius 3 is 2.57 bits per heavy atom. The monoisotopic (exact) mass is 283 g/mol. The Labute approximate surface area is 123 Å². The molecule has 6 heteroatoms. The van der Waals surface area contributed by atoms with Gasteiger partial charge in [0.2, 0.25) is 0 Å². The average Bonchev–Trinajstić information content (AvgIpc) is 2.45. The lowest BCUT2D eigenvalue weighted by molar-refractivity contribution is 0.252. The Morgan fingerprint density at radius 1 is 1.33 bits per heavy atom. The number of nitriles is 2. The number of benzene rings is 1. The molecular weight excluding hydrogens is 266 g/mol. The largest absolute Gasteiger partial charge is 0.320 e. The zero-order valence-corrected chi connectivity index (χ0v) is 12.0. The number of hydrogen-bond donors (Lipinski definition) is 3. The Kier molecular flexibility index (Phi) is 5.91. The van der Waals surface area contributed by atoms with Crippen LogP contribution < -0.4 is 10.6 Å². The SMILES string of the molecule is CC(C)Cc1ccccc1NC(=O)NC(C#N)C(=N)C#N. The van der Waals surface area contributed by atoms with Gasteiger partial charge in [-0.05, 0) is 24.0 Å². The third-order valence-corrected chi connectivity index (χ3v) is 2.71. The highest BCUT2D eigenvalue weighted by Gasteiger charge is 2.17. The molecule has 2 amide bonds. The van der Waals surface area contributed by atoms with Gasteiger partial charge in [-0.1, -0.05) is 32.0 Å². The molecule has 1 atom stereocenters. The standard InChI is InChI=1S/C15H17N5O/c1-10(2)7-11-5-3-4-6-13(11)19-15(21)20-14(9-17)12(18)8-16/h3-6,10,14,18H,7H2,1-2H3,(H2,19,20,21). The van der Waals surface area contributed by atoms with Gasteiger partial charge in [-0.25, -0.2) is 4.79 Å². The molecule has 3 N–H and O–H groups in total. The van der Waals surface area contributed by atoms with Crippen molar-refractivity contribution < 1.29 is 4.79 Å². The second kappa shape index (κ2) is 7.66. The van der Waals surface area contributed by atoms with Gasteiger partial charge in [0.1, 0.15) is 11.8 Å². The lowest BCUT2D eigenvalue weighted by atomic mass is 10.0. The molecule has 6 nitrogen and oxygen atoms in total. The number of nitrogens with one attached hydrogen (secondary N) is 3. The summed E-state index contributed by atoms with van der Waals surface area (Å²) in [6, 6.07) is 8.78. The van der Waals surface area contributed by atoms with Gasteiger partial charge in [-0.15, -0.1) is 0 Å². The predicted octanol–water partition coefficient (Wildman–Crippen LogP) is 2.44. The summed E-state index contributed by atoms with van der Waals surface area (Å²) in [5.74, 6) is 0.439. The summed E-state index contributed by atoms with van der Waals surface area (Å²) in [4.78, 5) is 11.9. The molecule has 0 fully saturated rings. The minimum atomic E-state index is -1.24. The summed E-state index contributed by atoms with van der Waals surface area (Å²) in [5.41, 5.74) is 1.15. The molecule has 0 aliphatic heterocycles. The third kappa shape index (κ3) is 4.96. The highest BCUT2D eigenvalue weighted by Crippen LogP contribution is 2.18. The van der Waals surface area contributed by atoms with Crippen LogP contribution in [0, 0.1) is 34.0 Å². The van der Waals surface area contributed by atoms with Crippen molar-refractivity contribution in [1.82, 2.24) is 5.32 Å². The molecule has 1 unspecified atom stereocenters. The maximum absolute atomic E-state index is 11.9. The van der Waals surface area contributed by atoms with E-state index in [9.17, 15) is 4.79 Å². The Bertz CT molecular complexity index is 609. The molecule has 0 saturated heterocycles. The van der Waals surface area contributed by atoms with Gasteiger partial charge in [0, 0.05) is 5.69 Å². The number of carbonyl (C=O) groups excluding carboxylic acids is 1. The number of carbonyl (C=O) groups is 1. The first-order valence-corrected chi connectivity index (χ1v) is 6.51. The summed E-state index contributed by atoms with van der Waals surface area (Å²) < 4.78 is 0. The highest BCUT2D eigenvalue weighted by molar-refractivity contribution is 6.04. The number of hydrogen-bond acceptors (Lipinski definition) is 4. The molecule has 108 valence electrons. The van der Waals surface area contributed by atoms with Crippen LogP contribution in [0.1, 0.15) is 19.4 Å². The van der Waals surface area contributed by atoms with E-state index in [1.54, 1.807) is 24.3 Å². The van der Waals surface area contributed by atoms with Crippen LogP contribution in [0.3, 0.4) is 0 Å². The zero-order chi connectivity index (χ0) is 15.8. The first kappa shape index (κ1) is 16.2. The summed E-state index contributed by atoms with van der Waals surface area (Å²) in [6.07, 6.45) is 0.812. The van der Waals surface area contributed by atoms with Crippen LogP contribution in [0.5, 0.6) is 0 Å². The van der Waals surface area contributed by atoms with Crippen molar-refractivity contribution >= 4 is 17.4 Å². The molecule has 1 aromatic rings. The fourth-order valence-corrected chi connectivity index (χ4v) is 1.78. The maximum atomic E-state index is 11.9. The minimum Gasteiger partial charge on any atom is -0.316 e. The lowest BCUT2D eigenvalue weighted by Gasteiger charge is -2.14. The second-order valence-corrected chi connectivity index (χ2v) is 4.94. The molecule has 0 heterocycles. The van der Waals surface area contributed by atoms with E-state index in [1.165, 1.54) is 0 Å². The van der Waals surface area contributed by atoms with E-state index in [4.69, 9.17) is 15.9 Å². The number of para-hydroxylation sites is 1.